The maximum Gasteiger partial charge on any atom is 0.270 e. The molecular weight excluding hydrogens is 372 g/mol. The summed E-state index contributed by atoms with van der Waals surface area (Å²) in [4.78, 5) is 29.6. The van der Waals surface area contributed by atoms with E-state index in [1.54, 1.807) is 44.4 Å². The molecule has 0 spiro atoms. The van der Waals surface area contributed by atoms with E-state index in [2.05, 4.69) is 21.0 Å². The van der Waals surface area contributed by atoms with Crippen LogP contribution < -0.4 is 10.9 Å². The fourth-order valence-corrected chi connectivity index (χ4v) is 3.07. The van der Waals surface area contributed by atoms with Crippen molar-refractivity contribution >= 4 is 22.7 Å². The zero-order valence-corrected chi connectivity index (χ0v) is 15.9. The number of carbonyl (C=O) groups is 2. The van der Waals surface area contributed by atoms with Gasteiger partial charge in [0.2, 0.25) is 5.91 Å². The van der Waals surface area contributed by atoms with Crippen LogP contribution in [0.3, 0.4) is 0 Å². The number of furan rings is 1. The Kier molecular flexibility index (Phi) is 4.82. The minimum atomic E-state index is -0.455. The van der Waals surface area contributed by atoms with Gasteiger partial charge in [-0.1, -0.05) is 23.4 Å². The number of para-hydroxylation sites is 1. The highest BCUT2D eigenvalue weighted by Crippen LogP contribution is 2.25. The fraction of sp³-hybridized carbons (Fsp3) is 0.143. The van der Waals surface area contributed by atoms with Crippen molar-refractivity contribution in [2.75, 3.05) is 0 Å². The van der Waals surface area contributed by atoms with Crippen molar-refractivity contribution in [3.8, 4) is 11.5 Å². The van der Waals surface area contributed by atoms with Gasteiger partial charge in [-0.15, -0.1) is 0 Å². The largest absolute Gasteiger partial charge is 0.463 e. The van der Waals surface area contributed by atoms with E-state index in [4.69, 9.17) is 8.94 Å². The van der Waals surface area contributed by atoms with Crippen LogP contribution in [0.4, 0.5) is 0 Å². The Labute approximate surface area is 165 Å². The lowest BCUT2D eigenvalue weighted by Crippen LogP contribution is -2.42. The lowest BCUT2D eigenvalue weighted by atomic mass is 10.1. The SMILES string of the molecule is Cc1noc(C)c1CC(=O)NNC(=O)c1cc(-c2ccco2)nc2ccccc12. The summed E-state index contributed by atoms with van der Waals surface area (Å²) in [6.45, 7) is 3.50. The Hall–Kier alpha value is -3.94. The zero-order chi connectivity index (χ0) is 20.4. The van der Waals surface area contributed by atoms with Crippen molar-refractivity contribution < 1.29 is 18.5 Å². The topological polar surface area (TPSA) is 110 Å². The van der Waals surface area contributed by atoms with Gasteiger partial charge >= 0.3 is 0 Å². The molecule has 0 saturated carbocycles. The molecule has 8 nitrogen and oxygen atoms in total. The molecule has 8 heteroatoms. The van der Waals surface area contributed by atoms with Crippen molar-refractivity contribution in [2.24, 2.45) is 0 Å². The minimum Gasteiger partial charge on any atom is -0.463 e. The summed E-state index contributed by atoms with van der Waals surface area (Å²) in [5.41, 5.74) is 7.80. The average Bonchev–Trinajstić information content (AvgIpc) is 3.37. The van der Waals surface area contributed by atoms with Crippen molar-refractivity contribution in [1.82, 2.24) is 21.0 Å². The van der Waals surface area contributed by atoms with Gasteiger partial charge in [0.15, 0.2) is 5.76 Å². The molecule has 0 bridgehead atoms. The third-order valence-electron chi connectivity index (χ3n) is 4.57. The molecular formula is C21H18N4O4. The maximum absolute atomic E-state index is 12.8. The van der Waals surface area contributed by atoms with Gasteiger partial charge in [0, 0.05) is 10.9 Å². The Bertz CT molecular complexity index is 1180. The summed E-state index contributed by atoms with van der Waals surface area (Å²) in [6, 6.07) is 12.4. The number of nitrogens with zero attached hydrogens (tertiary/aromatic N) is 2. The zero-order valence-electron chi connectivity index (χ0n) is 15.9. The van der Waals surface area contributed by atoms with Crippen LogP contribution in [0, 0.1) is 13.8 Å². The Morgan fingerprint density at radius 2 is 1.90 bits per heavy atom. The number of pyridine rings is 1. The number of hydrogen-bond donors (Lipinski definition) is 2. The van der Waals surface area contributed by atoms with Gasteiger partial charge in [0.1, 0.15) is 11.5 Å². The molecule has 0 aliphatic carbocycles. The molecule has 3 aromatic heterocycles. The van der Waals surface area contributed by atoms with Crippen molar-refractivity contribution in [1.29, 1.82) is 0 Å². The molecule has 0 fully saturated rings. The first-order valence-electron chi connectivity index (χ1n) is 8.97. The summed E-state index contributed by atoms with van der Waals surface area (Å²) in [5, 5.41) is 4.49. The van der Waals surface area contributed by atoms with E-state index in [1.807, 2.05) is 18.2 Å². The van der Waals surface area contributed by atoms with Gasteiger partial charge in [0.25, 0.3) is 5.91 Å². The number of amides is 2. The van der Waals surface area contributed by atoms with Gasteiger partial charge < -0.3 is 8.94 Å². The van der Waals surface area contributed by atoms with Crippen molar-refractivity contribution in [3.05, 3.63) is 71.3 Å². The van der Waals surface area contributed by atoms with Gasteiger partial charge in [-0.25, -0.2) is 4.98 Å². The molecule has 4 rings (SSSR count). The van der Waals surface area contributed by atoms with E-state index in [1.165, 1.54) is 0 Å². The van der Waals surface area contributed by atoms with E-state index >= 15 is 0 Å². The number of nitrogens with one attached hydrogen (secondary N) is 2. The molecule has 2 amide bonds. The minimum absolute atomic E-state index is 0.0518. The molecule has 0 atom stereocenters. The third kappa shape index (κ3) is 3.73. The maximum atomic E-state index is 12.8. The lowest BCUT2D eigenvalue weighted by molar-refractivity contribution is -0.121. The van der Waals surface area contributed by atoms with Gasteiger partial charge in [-0.05, 0) is 38.1 Å². The van der Waals surface area contributed by atoms with E-state index in [0.29, 0.717) is 44.9 Å². The number of carbonyl (C=O) groups excluding carboxylic acids is 2. The molecule has 146 valence electrons. The highest BCUT2D eigenvalue weighted by molar-refractivity contribution is 6.07. The van der Waals surface area contributed by atoms with E-state index in [-0.39, 0.29) is 12.3 Å². The quantitative estimate of drug-likeness (QED) is 0.518. The molecule has 2 N–H and O–H groups in total. The second-order valence-electron chi connectivity index (χ2n) is 6.53. The summed E-state index contributed by atoms with van der Waals surface area (Å²) in [5.74, 6) is 0.292. The predicted octanol–water partition coefficient (Wildman–Crippen LogP) is 3.10. The molecule has 0 aliphatic heterocycles. The number of fused-ring (bicyclic) bond motifs is 1. The molecule has 1 aromatic carbocycles. The normalized spacial score (nSPS) is 10.8. The lowest BCUT2D eigenvalue weighted by Gasteiger charge is -2.10. The van der Waals surface area contributed by atoms with Crippen LogP contribution in [0.15, 0.2) is 57.7 Å². The van der Waals surface area contributed by atoms with E-state index < -0.39 is 5.91 Å². The number of rotatable bonds is 4. The Morgan fingerprint density at radius 1 is 1.07 bits per heavy atom. The highest BCUT2D eigenvalue weighted by atomic mass is 16.5. The molecule has 3 heterocycles. The van der Waals surface area contributed by atoms with Crippen LogP contribution in [0.1, 0.15) is 27.4 Å². The first kappa shape index (κ1) is 18.4. The molecule has 0 radical (unpaired) electrons. The standard InChI is InChI=1S/C21H18N4O4/c1-12-15(13(2)29-25-12)11-20(26)23-24-21(27)16-10-18(19-8-5-9-28-19)22-17-7-4-3-6-14(16)17/h3-10H,11H2,1-2H3,(H,23,26)(H,24,27). The Balaban J connectivity index is 1.56. The number of aromatic nitrogens is 2. The van der Waals surface area contributed by atoms with Crippen LogP contribution in [0.25, 0.3) is 22.4 Å². The van der Waals surface area contributed by atoms with Crippen LogP contribution in [-0.4, -0.2) is 22.0 Å². The van der Waals surface area contributed by atoms with Crippen molar-refractivity contribution in [2.45, 2.75) is 20.3 Å². The number of hydrogen-bond acceptors (Lipinski definition) is 6. The average molecular weight is 390 g/mol. The molecule has 0 saturated heterocycles. The highest BCUT2D eigenvalue weighted by Gasteiger charge is 2.17. The number of benzene rings is 1. The van der Waals surface area contributed by atoms with Crippen molar-refractivity contribution in [3.63, 3.8) is 0 Å². The molecule has 4 aromatic rings. The first-order chi connectivity index (χ1) is 14.0. The van der Waals surface area contributed by atoms with Crippen LogP contribution in [0.5, 0.6) is 0 Å². The van der Waals surface area contributed by atoms with E-state index in [9.17, 15) is 9.59 Å². The molecule has 0 aliphatic rings. The van der Waals surface area contributed by atoms with Crippen LogP contribution >= 0.6 is 0 Å². The summed E-state index contributed by atoms with van der Waals surface area (Å²) >= 11 is 0. The number of aryl methyl sites for hydroxylation is 2. The van der Waals surface area contributed by atoms with Crippen LogP contribution in [-0.2, 0) is 11.2 Å². The van der Waals surface area contributed by atoms with E-state index in [0.717, 1.165) is 0 Å². The van der Waals surface area contributed by atoms with Gasteiger partial charge in [-0.2, -0.15) is 0 Å². The smallest absolute Gasteiger partial charge is 0.270 e. The second-order valence-corrected chi connectivity index (χ2v) is 6.53. The Morgan fingerprint density at radius 3 is 2.62 bits per heavy atom. The monoisotopic (exact) mass is 390 g/mol. The summed E-state index contributed by atoms with van der Waals surface area (Å²) in [7, 11) is 0. The summed E-state index contributed by atoms with van der Waals surface area (Å²) < 4.78 is 10.5. The van der Waals surface area contributed by atoms with Gasteiger partial charge in [0.05, 0.1) is 29.5 Å². The fourth-order valence-electron chi connectivity index (χ4n) is 3.07. The van der Waals surface area contributed by atoms with Gasteiger partial charge in [-0.3, -0.25) is 20.4 Å². The summed E-state index contributed by atoms with van der Waals surface area (Å²) in [6.07, 6.45) is 1.59. The van der Waals surface area contributed by atoms with Crippen LogP contribution in [0.2, 0.25) is 0 Å². The molecule has 29 heavy (non-hydrogen) atoms. The number of hydrazine groups is 1. The first-order valence-corrected chi connectivity index (χ1v) is 8.97. The predicted molar refractivity (Wildman–Crippen MR) is 105 cm³/mol. The third-order valence-corrected chi connectivity index (χ3v) is 4.57. The second kappa shape index (κ2) is 7.59. The molecule has 0 unspecified atom stereocenters.